The third kappa shape index (κ3) is 8.79. The first-order valence-electron chi connectivity index (χ1n) is 18.5. The molecule has 0 amide bonds. The predicted molar refractivity (Wildman–Crippen MR) is 293 cm³/mol. The summed E-state index contributed by atoms with van der Waals surface area (Å²) in [6.07, 6.45) is 0. The number of thioether (sulfide) groups is 4. The fraction of sp³-hybridized carbons (Fsp3) is 0.293. The third-order valence-corrected chi connectivity index (χ3v) is 29.5. The monoisotopic (exact) mass is 1100 g/mol. The number of fused-ring (bicyclic) bond motifs is 5. The van der Waals surface area contributed by atoms with E-state index < -0.39 is 0 Å². The fourth-order valence-electron chi connectivity index (χ4n) is 6.91. The molecule has 2 aliphatic rings. The van der Waals surface area contributed by atoms with E-state index in [1.165, 1.54) is 151 Å². The minimum Gasteiger partial charge on any atom is -0.496 e. The molecule has 0 saturated carbocycles. The number of rotatable bonds is 5. The first kappa shape index (κ1) is 45.6. The highest BCUT2D eigenvalue weighted by atomic mass is 32.2. The molecule has 0 bridgehead atoms. The fourth-order valence-corrected chi connectivity index (χ4v) is 26.9. The number of aryl methyl sites for hydroxylation is 6. The first-order valence-corrected chi connectivity index (χ1v) is 31.8. The molecule has 0 unspecified atom stereocenters. The molecule has 0 N–H and O–H groups in total. The lowest BCUT2D eigenvalue weighted by molar-refractivity contribution is 0.402. The van der Waals surface area contributed by atoms with Gasteiger partial charge in [0.05, 0.1) is 66.8 Å². The van der Waals surface area contributed by atoms with Gasteiger partial charge in [-0.25, -0.2) is 0 Å². The summed E-state index contributed by atoms with van der Waals surface area (Å²) in [6.45, 7) is 12.9. The maximum atomic E-state index is 11.7. The van der Waals surface area contributed by atoms with Crippen molar-refractivity contribution in [1.82, 2.24) is 0 Å². The Labute approximate surface area is 419 Å². The van der Waals surface area contributed by atoms with Crippen LogP contribution in [0.15, 0.2) is 41.3 Å². The Hall–Kier alpha value is -0.530. The second-order valence-corrected chi connectivity index (χ2v) is 31.7. The third-order valence-electron chi connectivity index (χ3n) is 9.58. The Morgan fingerprint density at radius 3 is 1.30 bits per heavy atom. The van der Waals surface area contributed by atoms with Crippen molar-refractivity contribution in [3.05, 3.63) is 62.9 Å². The minimum atomic E-state index is 0.134. The van der Waals surface area contributed by atoms with E-state index in [9.17, 15) is 9.59 Å². The zero-order valence-corrected chi connectivity index (χ0v) is 46.7. The van der Waals surface area contributed by atoms with Crippen LogP contribution in [-0.4, -0.2) is 37.2 Å². The summed E-state index contributed by atoms with van der Waals surface area (Å²) in [4.78, 5) is 42.9. The van der Waals surface area contributed by atoms with Gasteiger partial charge in [-0.15, -0.1) is 126 Å². The average Bonchev–Trinajstić information content (AvgIpc) is 4.14. The van der Waals surface area contributed by atoms with Crippen LogP contribution in [0.4, 0.5) is 0 Å². The second-order valence-electron chi connectivity index (χ2n) is 13.5. The van der Waals surface area contributed by atoms with E-state index in [-0.39, 0.29) is 8.11 Å². The lowest BCUT2D eigenvalue weighted by Crippen LogP contribution is -1.92. The van der Waals surface area contributed by atoms with E-state index >= 15 is 0 Å². The van der Waals surface area contributed by atoms with Crippen molar-refractivity contribution in [2.75, 3.05) is 37.2 Å². The van der Waals surface area contributed by atoms with E-state index in [1.54, 1.807) is 48.2 Å². The molecule has 20 heteroatoms. The van der Waals surface area contributed by atoms with Crippen molar-refractivity contribution in [3.8, 4) is 41.4 Å². The Morgan fingerprint density at radius 2 is 0.803 bits per heavy atom. The molecular formula is C41H34O4S16. The van der Waals surface area contributed by atoms with Crippen molar-refractivity contribution in [1.29, 1.82) is 0 Å². The molecule has 11 rings (SSSR count). The summed E-state index contributed by atoms with van der Waals surface area (Å²) in [6, 6.07) is 3.97. The van der Waals surface area contributed by atoms with Crippen LogP contribution in [0.3, 0.4) is 0 Å². The molecule has 0 aliphatic carbocycles. The topological polar surface area (TPSA) is 52.6 Å². The molecule has 0 atom stereocenters. The number of benzene rings is 1. The van der Waals surface area contributed by atoms with Gasteiger partial charge < -0.3 is 9.47 Å². The van der Waals surface area contributed by atoms with Crippen molar-refractivity contribution in [3.63, 3.8) is 0 Å². The average molecular weight is 1100 g/mol. The van der Waals surface area contributed by atoms with Crippen LogP contribution in [0.2, 0.25) is 0 Å². The molecule has 318 valence electrons. The molecule has 61 heavy (non-hydrogen) atoms. The van der Waals surface area contributed by atoms with E-state index in [0.29, 0.717) is 0 Å². The zero-order chi connectivity index (χ0) is 42.9. The number of ether oxygens (including phenoxy) is 2. The van der Waals surface area contributed by atoms with Gasteiger partial charge in [0, 0.05) is 72.5 Å². The SMILES string of the molecule is COc1cc(-c2sc(C)c3sc(=O)sc23)c(OC)cc1C.Cc1sc(-c2sc(C)c3sc(=O)sc23)c2c1SCCS2.Cc1sc(-c2sc(C)c3sc(=S)sc23)c2c1SCCS2. The Bertz CT molecular complexity index is 3140. The minimum absolute atomic E-state index is 0.134. The van der Waals surface area contributed by atoms with Gasteiger partial charge in [0.2, 0.25) is 0 Å². The number of hydrogen-bond acceptors (Lipinski definition) is 20. The molecule has 0 saturated heterocycles. The summed E-state index contributed by atoms with van der Waals surface area (Å²) in [5.74, 6) is 6.50. The molecule has 8 aromatic heterocycles. The summed E-state index contributed by atoms with van der Waals surface area (Å²) in [5, 5.41) is 0. The molecule has 4 nitrogen and oxygen atoms in total. The van der Waals surface area contributed by atoms with E-state index in [1.807, 2.05) is 111 Å². The maximum Gasteiger partial charge on any atom is 0.288 e. The van der Waals surface area contributed by atoms with Crippen LogP contribution >= 0.6 is 184 Å². The molecule has 1 aromatic carbocycles. The predicted octanol–water partition coefficient (Wildman–Crippen LogP) is 17.9. The first-order chi connectivity index (χ1) is 29.3. The van der Waals surface area contributed by atoms with Crippen LogP contribution in [0.25, 0.3) is 58.1 Å². The molecule has 10 heterocycles. The van der Waals surface area contributed by atoms with Gasteiger partial charge in [-0.05, 0) is 59.2 Å². The largest absolute Gasteiger partial charge is 0.496 e. The van der Waals surface area contributed by atoms with Gasteiger partial charge in [0.25, 0.3) is 8.11 Å². The van der Waals surface area contributed by atoms with Crippen molar-refractivity contribution >= 4 is 212 Å². The molecule has 2 aliphatic heterocycles. The molecule has 0 radical (unpaired) electrons. The summed E-state index contributed by atoms with van der Waals surface area (Å²) >= 11 is 31.8. The van der Waals surface area contributed by atoms with Gasteiger partial charge >= 0.3 is 0 Å². The maximum absolute atomic E-state index is 11.7. The Morgan fingerprint density at radius 1 is 0.426 bits per heavy atom. The number of methoxy groups -OCH3 is 2. The van der Waals surface area contributed by atoms with Crippen LogP contribution < -0.4 is 17.6 Å². The van der Waals surface area contributed by atoms with Crippen LogP contribution in [-0.2, 0) is 0 Å². The number of hydrogen-bond donors (Lipinski definition) is 0. The number of thiophene rings is 5. The van der Waals surface area contributed by atoms with Crippen LogP contribution in [0, 0.1) is 44.7 Å². The lowest BCUT2D eigenvalue weighted by Gasteiger charge is -2.12. The summed E-state index contributed by atoms with van der Waals surface area (Å²) < 4.78 is 19.7. The molecule has 0 fully saturated rings. The zero-order valence-electron chi connectivity index (χ0n) is 33.6. The van der Waals surface area contributed by atoms with E-state index in [2.05, 4.69) is 34.6 Å². The van der Waals surface area contributed by atoms with Crippen LogP contribution in [0.5, 0.6) is 11.5 Å². The molecular weight excluding hydrogens is 1070 g/mol. The van der Waals surface area contributed by atoms with Gasteiger partial charge in [0.1, 0.15) is 14.6 Å². The lowest BCUT2D eigenvalue weighted by atomic mass is 10.1. The summed E-state index contributed by atoms with van der Waals surface area (Å²) in [7, 11) is 3.33. The molecule has 0 spiro atoms. The van der Waals surface area contributed by atoms with Crippen molar-refractivity contribution < 1.29 is 9.47 Å². The molecule has 9 aromatic rings. The highest BCUT2D eigenvalue weighted by Crippen LogP contribution is 2.56. The van der Waals surface area contributed by atoms with Crippen molar-refractivity contribution in [2.24, 2.45) is 0 Å². The Kier molecular flexibility index (Phi) is 14.2. The normalized spacial score (nSPS) is 13.6. The highest BCUT2D eigenvalue weighted by Gasteiger charge is 2.27. The van der Waals surface area contributed by atoms with E-state index in [4.69, 9.17) is 21.7 Å². The standard InChI is InChI=1S/C15H14O3S3.C13H10OS6.C13H10S7/c1-7-5-11(18-4)9(6-10(7)17-3)13-14-12(8(2)19-13)20-15(16)21-14;2*1-5-7-9(16-4-3-15-7)11(17-5)12-10-8(6(2)18-12)19-13(14)20-10/h5-6H,1-4H3;2*3-4H2,1-2H3. The second kappa shape index (κ2) is 19.0. The smallest absolute Gasteiger partial charge is 0.288 e. The van der Waals surface area contributed by atoms with E-state index in [0.717, 1.165) is 40.0 Å². The van der Waals surface area contributed by atoms with Crippen molar-refractivity contribution in [2.45, 2.75) is 61.1 Å². The quantitative estimate of drug-likeness (QED) is 0.157. The van der Waals surface area contributed by atoms with Gasteiger partial charge in [0.15, 0.2) is 0 Å². The highest BCUT2D eigenvalue weighted by molar-refractivity contribution is 8.06. The van der Waals surface area contributed by atoms with Crippen LogP contribution in [0.1, 0.15) is 29.9 Å². The Balaban J connectivity index is 0.000000117. The van der Waals surface area contributed by atoms with Gasteiger partial charge in [-0.1, -0.05) is 57.6 Å². The van der Waals surface area contributed by atoms with Gasteiger partial charge in [-0.3, -0.25) is 9.59 Å². The summed E-state index contributed by atoms with van der Waals surface area (Å²) in [5.41, 5.74) is 2.01. The van der Waals surface area contributed by atoms with Gasteiger partial charge in [-0.2, -0.15) is 0 Å².